The molecule has 0 aliphatic heterocycles. The standard InChI is InChI=1S/C4H9BClN/c1-7-3-4(6)2-5/h4,7H,2-3H2,1H3/i1D. The molecule has 0 aliphatic carbocycles. The molecular weight excluding hydrogens is 108 g/mol. The molecule has 2 radical (unpaired) electrons. The predicted molar refractivity (Wildman–Crippen MR) is 34.1 cm³/mol. The van der Waals surface area contributed by atoms with Gasteiger partial charge in [-0.2, -0.15) is 0 Å². The molecule has 0 bridgehead atoms. The quantitative estimate of drug-likeness (QED) is 0.418. The minimum atomic E-state index is -0.0275. The fraction of sp³-hybridized carbons (Fsp3) is 1.00. The Morgan fingerprint density at radius 2 is 2.86 bits per heavy atom. The van der Waals surface area contributed by atoms with Gasteiger partial charge >= 0.3 is 0 Å². The van der Waals surface area contributed by atoms with Crippen molar-refractivity contribution in [2.45, 2.75) is 11.7 Å². The lowest BCUT2D eigenvalue weighted by atomic mass is 10.0. The van der Waals surface area contributed by atoms with Crippen LogP contribution in [-0.2, 0) is 0 Å². The van der Waals surface area contributed by atoms with Gasteiger partial charge in [-0.1, -0.05) is 6.32 Å². The molecule has 7 heavy (non-hydrogen) atoms. The molecule has 1 unspecified atom stereocenters. The van der Waals surface area contributed by atoms with Crippen LogP contribution in [-0.4, -0.2) is 26.8 Å². The molecule has 0 saturated carbocycles. The van der Waals surface area contributed by atoms with Gasteiger partial charge < -0.3 is 5.32 Å². The maximum absolute atomic E-state index is 6.66. The molecule has 1 atom stereocenters. The third-order valence-corrected chi connectivity index (χ3v) is 0.954. The van der Waals surface area contributed by atoms with E-state index in [1.807, 2.05) is 0 Å². The first-order valence-corrected chi connectivity index (χ1v) is 2.59. The van der Waals surface area contributed by atoms with Gasteiger partial charge in [0.05, 0.1) is 7.85 Å². The third kappa shape index (κ3) is 4.16. The molecule has 1 N–H and O–H groups in total. The zero-order valence-electron chi connectivity index (χ0n) is 5.15. The van der Waals surface area contributed by atoms with E-state index in [4.69, 9.17) is 20.8 Å². The summed E-state index contributed by atoms with van der Waals surface area (Å²) in [5.74, 6) is 0. The fourth-order valence-electron chi connectivity index (χ4n) is 0.240. The summed E-state index contributed by atoms with van der Waals surface area (Å²) in [7, 11) is 5.39. The van der Waals surface area contributed by atoms with Crippen LogP contribution in [0, 0.1) is 0 Å². The normalized spacial score (nSPS) is 15.9. The molecule has 0 spiro atoms. The summed E-state index contributed by atoms with van der Waals surface area (Å²) in [5.41, 5.74) is 0. The van der Waals surface area contributed by atoms with Crippen molar-refractivity contribution in [3.8, 4) is 0 Å². The predicted octanol–water partition coefficient (Wildman–Crippen LogP) is 0.400. The lowest BCUT2D eigenvalue weighted by molar-refractivity contribution is 0.778. The molecule has 40 valence electrons. The van der Waals surface area contributed by atoms with Gasteiger partial charge in [-0.05, 0) is 7.02 Å². The van der Waals surface area contributed by atoms with E-state index in [0.717, 1.165) is 0 Å². The Kier molecular flexibility index (Phi) is 3.48. The summed E-state index contributed by atoms with van der Waals surface area (Å²) in [5, 5.41) is 2.73. The SMILES string of the molecule is [2H]CNCC(Cl)C[B]. The Balaban J connectivity index is 2.86. The first kappa shape index (κ1) is 5.45. The van der Waals surface area contributed by atoms with E-state index in [1.165, 1.54) is 0 Å². The minimum Gasteiger partial charge on any atom is -0.318 e. The summed E-state index contributed by atoms with van der Waals surface area (Å²) in [4.78, 5) is 0. The fourth-order valence-corrected chi connectivity index (χ4v) is 0.349. The Hall–Kier alpha value is 0.315. The molecule has 0 aliphatic rings. The molecule has 0 aromatic carbocycles. The average molecular weight is 118 g/mol. The lowest BCUT2D eigenvalue weighted by Gasteiger charge is -2.01. The molecule has 3 heteroatoms. The molecule has 0 fully saturated rings. The van der Waals surface area contributed by atoms with Crippen molar-refractivity contribution in [1.29, 1.82) is 0 Å². The van der Waals surface area contributed by atoms with E-state index in [9.17, 15) is 0 Å². The lowest BCUT2D eigenvalue weighted by Crippen LogP contribution is -2.17. The van der Waals surface area contributed by atoms with Gasteiger partial charge in [0.25, 0.3) is 0 Å². The molecule has 0 aromatic rings. The third-order valence-electron chi connectivity index (χ3n) is 0.622. The first-order valence-electron chi connectivity index (χ1n) is 2.86. The van der Waals surface area contributed by atoms with Gasteiger partial charge in [0.15, 0.2) is 0 Å². The maximum atomic E-state index is 6.66. The highest BCUT2D eigenvalue weighted by molar-refractivity contribution is 6.25. The van der Waals surface area contributed by atoms with E-state index in [1.54, 1.807) is 0 Å². The van der Waals surface area contributed by atoms with Crippen LogP contribution < -0.4 is 5.32 Å². The van der Waals surface area contributed by atoms with Crippen molar-refractivity contribution < 1.29 is 1.37 Å². The van der Waals surface area contributed by atoms with Gasteiger partial charge in [-0.3, -0.25) is 0 Å². The maximum Gasteiger partial charge on any atom is 0.0673 e. The summed E-state index contributed by atoms with van der Waals surface area (Å²) < 4.78 is 6.66. The Morgan fingerprint density at radius 1 is 2.14 bits per heavy atom. The summed E-state index contributed by atoms with van der Waals surface area (Å²) >= 11 is 5.57. The highest BCUT2D eigenvalue weighted by atomic mass is 35.5. The highest BCUT2D eigenvalue weighted by Crippen LogP contribution is 1.95. The van der Waals surface area contributed by atoms with Crippen LogP contribution in [0.15, 0.2) is 0 Å². The van der Waals surface area contributed by atoms with Gasteiger partial charge in [-0.25, -0.2) is 0 Å². The number of halogens is 1. The van der Waals surface area contributed by atoms with Gasteiger partial charge in [0, 0.05) is 13.3 Å². The van der Waals surface area contributed by atoms with Crippen LogP contribution in [0.25, 0.3) is 0 Å². The molecule has 0 rings (SSSR count). The molecule has 0 saturated heterocycles. The Bertz CT molecular complexity index is 55.3. The first-order chi connectivity index (χ1) is 3.81. The van der Waals surface area contributed by atoms with E-state index >= 15 is 0 Å². The smallest absolute Gasteiger partial charge is 0.0673 e. The van der Waals surface area contributed by atoms with E-state index in [0.29, 0.717) is 12.9 Å². The summed E-state index contributed by atoms with van der Waals surface area (Å²) in [6.45, 7) is 0.627. The van der Waals surface area contributed by atoms with Crippen molar-refractivity contribution in [2.24, 2.45) is 0 Å². The van der Waals surface area contributed by atoms with Crippen LogP contribution in [0.2, 0.25) is 6.32 Å². The van der Waals surface area contributed by atoms with Crippen LogP contribution in [0.3, 0.4) is 0 Å². The second-order valence-corrected chi connectivity index (χ2v) is 1.90. The zero-order chi connectivity index (χ0) is 6.41. The van der Waals surface area contributed by atoms with Crippen LogP contribution in [0.1, 0.15) is 1.37 Å². The van der Waals surface area contributed by atoms with Crippen molar-refractivity contribution in [3.63, 3.8) is 0 Å². The highest BCUT2D eigenvalue weighted by Gasteiger charge is 1.94. The minimum absolute atomic E-state index is 0.0275. The van der Waals surface area contributed by atoms with E-state index in [2.05, 4.69) is 5.32 Å². The number of alkyl halides is 1. The number of nitrogens with one attached hydrogen (secondary N) is 1. The molecule has 0 aromatic heterocycles. The van der Waals surface area contributed by atoms with Crippen molar-refractivity contribution in [1.82, 2.24) is 5.32 Å². The summed E-state index contributed by atoms with van der Waals surface area (Å²) in [6.07, 6.45) is 0.467. The van der Waals surface area contributed by atoms with E-state index in [-0.39, 0.29) is 12.4 Å². The Morgan fingerprint density at radius 3 is 3.29 bits per heavy atom. The van der Waals surface area contributed by atoms with Crippen molar-refractivity contribution >= 4 is 19.4 Å². The second-order valence-electron chi connectivity index (χ2n) is 1.29. The van der Waals surface area contributed by atoms with Gasteiger partial charge in [0.2, 0.25) is 0 Å². The van der Waals surface area contributed by atoms with E-state index < -0.39 is 0 Å². The van der Waals surface area contributed by atoms with Crippen LogP contribution in [0.4, 0.5) is 0 Å². The topological polar surface area (TPSA) is 12.0 Å². The van der Waals surface area contributed by atoms with Gasteiger partial charge in [-0.15, -0.1) is 11.6 Å². The van der Waals surface area contributed by atoms with Gasteiger partial charge in [0.1, 0.15) is 0 Å². The zero-order valence-corrected chi connectivity index (χ0v) is 4.91. The second kappa shape index (κ2) is 4.47. The molecule has 0 heterocycles. The average Bonchev–Trinajstić information content (AvgIpc) is 1.83. The molecule has 1 nitrogen and oxygen atoms in total. The monoisotopic (exact) mass is 118 g/mol. The largest absolute Gasteiger partial charge is 0.318 e. The van der Waals surface area contributed by atoms with Crippen molar-refractivity contribution in [2.75, 3.05) is 13.6 Å². The molecule has 0 amide bonds. The number of hydrogen-bond acceptors (Lipinski definition) is 1. The molecular formula is C4H9BClN. The van der Waals surface area contributed by atoms with Crippen LogP contribution >= 0.6 is 11.6 Å². The summed E-state index contributed by atoms with van der Waals surface area (Å²) in [6, 6.07) is 0. The van der Waals surface area contributed by atoms with Crippen molar-refractivity contribution in [3.05, 3.63) is 0 Å². The number of hydrogen-bond donors (Lipinski definition) is 1. The van der Waals surface area contributed by atoms with Crippen LogP contribution in [0.5, 0.6) is 0 Å². The Labute approximate surface area is 52.2 Å². The number of rotatable bonds is 3.